The smallest absolute Gasteiger partial charge is 0.243 e. The Morgan fingerprint density at radius 3 is 2.50 bits per heavy atom. The number of hydrogen-bond acceptors (Lipinski definition) is 3. The van der Waals surface area contributed by atoms with E-state index in [1.165, 1.54) is 22.5 Å². The Balaban J connectivity index is 1.81. The van der Waals surface area contributed by atoms with Crippen molar-refractivity contribution in [2.45, 2.75) is 24.2 Å². The zero-order valence-corrected chi connectivity index (χ0v) is 14.5. The minimum absolute atomic E-state index is 0.159. The summed E-state index contributed by atoms with van der Waals surface area (Å²) >= 11 is 0. The van der Waals surface area contributed by atoms with Crippen LogP contribution < -0.4 is 4.74 Å². The van der Waals surface area contributed by atoms with Gasteiger partial charge >= 0.3 is 0 Å². The van der Waals surface area contributed by atoms with E-state index in [0.717, 1.165) is 17.7 Å². The van der Waals surface area contributed by atoms with Crippen LogP contribution in [0.5, 0.6) is 5.75 Å². The first-order valence-corrected chi connectivity index (χ1v) is 9.26. The third-order valence-corrected chi connectivity index (χ3v) is 6.52. The Labute approximate surface area is 141 Å². The second-order valence-electron chi connectivity index (χ2n) is 6.03. The van der Waals surface area contributed by atoms with Crippen molar-refractivity contribution >= 4 is 10.0 Å². The Morgan fingerprint density at radius 2 is 1.88 bits per heavy atom. The third-order valence-electron chi connectivity index (χ3n) is 4.49. The molecule has 24 heavy (non-hydrogen) atoms. The molecule has 128 valence electrons. The fourth-order valence-electron chi connectivity index (χ4n) is 3.14. The molecule has 4 nitrogen and oxygen atoms in total. The lowest BCUT2D eigenvalue weighted by Gasteiger charge is -2.18. The summed E-state index contributed by atoms with van der Waals surface area (Å²) in [5, 5.41) is 0. The minimum atomic E-state index is -3.60. The number of aryl methyl sites for hydroxylation is 1. The van der Waals surface area contributed by atoms with E-state index in [1.807, 2.05) is 24.3 Å². The summed E-state index contributed by atoms with van der Waals surface area (Å²) in [4.78, 5) is 0.180. The third kappa shape index (κ3) is 3.16. The van der Waals surface area contributed by atoms with Crippen LogP contribution in [0.2, 0.25) is 0 Å². The predicted octanol–water partition coefficient (Wildman–Crippen LogP) is 3.32. The van der Waals surface area contributed by atoms with Crippen molar-refractivity contribution in [1.82, 2.24) is 4.31 Å². The van der Waals surface area contributed by atoms with Gasteiger partial charge < -0.3 is 4.74 Å². The van der Waals surface area contributed by atoms with Crippen molar-refractivity contribution in [3.05, 3.63) is 59.4 Å². The summed E-state index contributed by atoms with van der Waals surface area (Å²) in [6.45, 7) is 2.52. The Morgan fingerprint density at radius 1 is 1.17 bits per heavy atom. The molecule has 3 rings (SSSR count). The number of benzene rings is 2. The lowest BCUT2D eigenvalue weighted by molar-refractivity contribution is 0.414. The molecule has 1 fully saturated rings. The van der Waals surface area contributed by atoms with E-state index < -0.39 is 15.8 Å². The van der Waals surface area contributed by atoms with Gasteiger partial charge in [0.25, 0.3) is 0 Å². The van der Waals surface area contributed by atoms with Gasteiger partial charge in [0.05, 0.1) is 12.0 Å². The molecule has 1 heterocycles. The lowest BCUT2D eigenvalue weighted by atomic mass is 9.99. The van der Waals surface area contributed by atoms with Gasteiger partial charge in [-0.2, -0.15) is 4.31 Å². The lowest BCUT2D eigenvalue weighted by Crippen LogP contribution is -2.29. The Hall–Kier alpha value is -1.92. The van der Waals surface area contributed by atoms with Crippen LogP contribution in [-0.4, -0.2) is 32.9 Å². The quantitative estimate of drug-likeness (QED) is 0.851. The molecule has 0 aliphatic carbocycles. The summed E-state index contributed by atoms with van der Waals surface area (Å²) in [5.41, 5.74) is 1.53. The van der Waals surface area contributed by atoms with Gasteiger partial charge in [0.2, 0.25) is 10.0 Å². The second-order valence-corrected chi connectivity index (χ2v) is 7.94. The van der Waals surface area contributed by atoms with E-state index >= 15 is 0 Å². The van der Waals surface area contributed by atoms with Crippen molar-refractivity contribution in [1.29, 1.82) is 0 Å². The first-order chi connectivity index (χ1) is 11.4. The molecule has 2 aromatic carbocycles. The number of nitrogens with zero attached hydrogens (tertiary/aromatic N) is 1. The highest BCUT2D eigenvalue weighted by Crippen LogP contribution is 2.32. The molecule has 0 N–H and O–H groups in total. The zero-order chi connectivity index (χ0) is 17.3. The SMILES string of the molecule is COc1ccc(C2CCN(S(=O)(=O)c3ccc(F)cc3C)C2)cc1. The average Bonchev–Trinajstić information content (AvgIpc) is 3.05. The van der Waals surface area contributed by atoms with E-state index in [1.54, 1.807) is 14.0 Å². The van der Waals surface area contributed by atoms with Gasteiger partial charge in [-0.25, -0.2) is 12.8 Å². The van der Waals surface area contributed by atoms with Crippen molar-refractivity contribution in [2.75, 3.05) is 20.2 Å². The Kier molecular flexibility index (Phi) is 4.60. The topological polar surface area (TPSA) is 46.6 Å². The maximum absolute atomic E-state index is 13.2. The molecule has 0 radical (unpaired) electrons. The van der Waals surface area contributed by atoms with E-state index in [9.17, 15) is 12.8 Å². The van der Waals surface area contributed by atoms with Gasteiger partial charge in [0, 0.05) is 13.1 Å². The normalized spacial score (nSPS) is 18.7. The van der Waals surface area contributed by atoms with E-state index in [-0.39, 0.29) is 10.8 Å². The first kappa shape index (κ1) is 16.9. The van der Waals surface area contributed by atoms with Crippen LogP contribution in [-0.2, 0) is 10.0 Å². The summed E-state index contributed by atoms with van der Waals surface area (Å²) in [6, 6.07) is 11.5. The molecule has 6 heteroatoms. The van der Waals surface area contributed by atoms with Crippen LogP contribution in [0.25, 0.3) is 0 Å². The van der Waals surface area contributed by atoms with E-state index in [2.05, 4.69) is 0 Å². The molecule has 0 spiro atoms. The highest BCUT2D eigenvalue weighted by molar-refractivity contribution is 7.89. The van der Waals surface area contributed by atoms with Gasteiger partial charge in [-0.1, -0.05) is 12.1 Å². The fraction of sp³-hybridized carbons (Fsp3) is 0.333. The maximum atomic E-state index is 13.2. The maximum Gasteiger partial charge on any atom is 0.243 e. The van der Waals surface area contributed by atoms with Crippen LogP contribution in [0.15, 0.2) is 47.4 Å². The van der Waals surface area contributed by atoms with Gasteiger partial charge in [-0.15, -0.1) is 0 Å². The standard InChI is InChI=1S/C18H20FNO3S/c1-13-11-16(19)5-8-18(13)24(21,22)20-10-9-15(12-20)14-3-6-17(23-2)7-4-14/h3-8,11,15H,9-10,12H2,1-2H3. The zero-order valence-electron chi connectivity index (χ0n) is 13.7. The number of sulfonamides is 1. The Bertz CT molecular complexity index is 834. The monoisotopic (exact) mass is 349 g/mol. The summed E-state index contributed by atoms with van der Waals surface area (Å²) in [7, 11) is -1.98. The minimum Gasteiger partial charge on any atom is -0.497 e. The van der Waals surface area contributed by atoms with Crippen molar-refractivity contribution in [3.63, 3.8) is 0 Å². The predicted molar refractivity (Wildman–Crippen MR) is 90.2 cm³/mol. The largest absolute Gasteiger partial charge is 0.497 e. The molecule has 1 unspecified atom stereocenters. The second kappa shape index (κ2) is 6.53. The molecular weight excluding hydrogens is 329 g/mol. The molecule has 0 amide bonds. The molecule has 1 aliphatic rings. The number of methoxy groups -OCH3 is 1. The highest BCUT2D eigenvalue weighted by Gasteiger charge is 2.34. The van der Waals surface area contributed by atoms with Crippen LogP contribution in [0.4, 0.5) is 4.39 Å². The fourth-order valence-corrected chi connectivity index (χ4v) is 4.84. The molecule has 0 bridgehead atoms. The molecule has 2 aromatic rings. The van der Waals surface area contributed by atoms with E-state index in [0.29, 0.717) is 18.7 Å². The summed E-state index contributed by atoms with van der Waals surface area (Å²) in [5.74, 6) is 0.513. The van der Waals surface area contributed by atoms with Crippen LogP contribution in [0.1, 0.15) is 23.5 Å². The van der Waals surface area contributed by atoms with Gasteiger partial charge in [-0.3, -0.25) is 0 Å². The van der Waals surface area contributed by atoms with Gasteiger partial charge in [-0.05, 0) is 60.7 Å². The van der Waals surface area contributed by atoms with Crippen molar-refractivity contribution < 1.29 is 17.5 Å². The van der Waals surface area contributed by atoms with Crippen LogP contribution >= 0.6 is 0 Å². The molecular formula is C18H20FNO3S. The molecule has 1 aliphatic heterocycles. The number of ether oxygens (including phenoxy) is 1. The number of hydrogen-bond donors (Lipinski definition) is 0. The van der Waals surface area contributed by atoms with E-state index in [4.69, 9.17) is 4.74 Å². The summed E-state index contributed by atoms with van der Waals surface area (Å²) < 4.78 is 45.5. The molecule has 0 aromatic heterocycles. The van der Waals surface area contributed by atoms with Gasteiger partial charge in [0.15, 0.2) is 0 Å². The number of halogens is 1. The average molecular weight is 349 g/mol. The molecule has 1 atom stereocenters. The first-order valence-electron chi connectivity index (χ1n) is 7.82. The van der Waals surface area contributed by atoms with Crippen LogP contribution in [0.3, 0.4) is 0 Å². The molecule has 1 saturated heterocycles. The van der Waals surface area contributed by atoms with Crippen molar-refractivity contribution in [3.8, 4) is 5.75 Å². The number of rotatable bonds is 4. The van der Waals surface area contributed by atoms with Crippen molar-refractivity contribution in [2.24, 2.45) is 0 Å². The van der Waals surface area contributed by atoms with Crippen LogP contribution in [0, 0.1) is 12.7 Å². The highest BCUT2D eigenvalue weighted by atomic mass is 32.2. The molecule has 0 saturated carbocycles. The summed E-state index contributed by atoms with van der Waals surface area (Å²) in [6.07, 6.45) is 0.770. The van der Waals surface area contributed by atoms with Gasteiger partial charge in [0.1, 0.15) is 11.6 Å².